The minimum Gasteiger partial charge on any atom is -0.462 e. The minimum absolute atomic E-state index is 0.133. The number of esters is 1. The number of fused-ring (bicyclic) bond motifs is 1. The van der Waals surface area contributed by atoms with E-state index in [1.807, 2.05) is 12.2 Å². The molecule has 0 aromatic rings. The smallest absolute Gasteiger partial charge is 0.334 e. The summed E-state index contributed by atoms with van der Waals surface area (Å²) in [4.78, 5) is 11.0. The van der Waals surface area contributed by atoms with Gasteiger partial charge in [-0.15, -0.1) is 0 Å². The van der Waals surface area contributed by atoms with Crippen molar-refractivity contribution in [1.29, 1.82) is 0 Å². The van der Waals surface area contributed by atoms with Crippen LogP contribution in [0.15, 0.2) is 23.8 Å². The number of carbonyl (C=O) groups excluding carboxylic acids is 1. The first-order valence-corrected chi connectivity index (χ1v) is 3.84. The molecule has 11 heavy (non-hydrogen) atoms. The van der Waals surface area contributed by atoms with Gasteiger partial charge >= 0.3 is 5.97 Å². The Morgan fingerprint density at radius 1 is 1.64 bits per heavy atom. The highest BCUT2D eigenvalue weighted by molar-refractivity contribution is 5.91. The number of ether oxygens (including phenoxy) is 1. The van der Waals surface area contributed by atoms with E-state index in [4.69, 9.17) is 4.74 Å². The van der Waals surface area contributed by atoms with Crippen LogP contribution in [0.2, 0.25) is 0 Å². The van der Waals surface area contributed by atoms with Crippen LogP contribution in [-0.4, -0.2) is 12.6 Å². The molecule has 0 N–H and O–H groups in total. The summed E-state index contributed by atoms with van der Waals surface area (Å²) in [6, 6.07) is 0. The van der Waals surface area contributed by atoms with Crippen LogP contribution in [0.4, 0.5) is 0 Å². The van der Waals surface area contributed by atoms with E-state index in [1.54, 1.807) is 0 Å². The fourth-order valence-corrected chi connectivity index (χ4v) is 1.59. The number of hydrogen-bond donors (Lipinski definition) is 0. The Morgan fingerprint density at radius 3 is 3.18 bits per heavy atom. The largest absolute Gasteiger partial charge is 0.462 e. The predicted molar refractivity (Wildman–Crippen MR) is 40.8 cm³/mol. The number of rotatable bonds is 0. The van der Waals surface area contributed by atoms with Gasteiger partial charge in [-0.1, -0.05) is 25.2 Å². The molecule has 2 unspecified atom stereocenters. The van der Waals surface area contributed by atoms with E-state index in [2.05, 4.69) is 13.0 Å². The number of hydrogen-bond acceptors (Lipinski definition) is 2. The second-order valence-electron chi connectivity index (χ2n) is 3.07. The Morgan fingerprint density at radius 2 is 2.45 bits per heavy atom. The zero-order valence-electron chi connectivity index (χ0n) is 6.41. The maximum absolute atomic E-state index is 11.0. The van der Waals surface area contributed by atoms with Crippen LogP contribution in [-0.2, 0) is 9.53 Å². The molecule has 0 spiro atoms. The van der Waals surface area contributed by atoms with Crippen molar-refractivity contribution < 1.29 is 9.53 Å². The third kappa shape index (κ3) is 0.897. The second kappa shape index (κ2) is 2.22. The van der Waals surface area contributed by atoms with E-state index in [0.29, 0.717) is 18.4 Å². The lowest BCUT2D eigenvalue weighted by molar-refractivity contribution is -0.135. The van der Waals surface area contributed by atoms with Crippen molar-refractivity contribution in [2.75, 3.05) is 6.61 Å². The highest BCUT2D eigenvalue weighted by Crippen LogP contribution is 2.31. The van der Waals surface area contributed by atoms with Crippen molar-refractivity contribution in [3.8, 4) is 0 Å². The first kappa shape index (κ1) is 6.65. The summed E-state index contributed by atoms with van der Waals surface area (Å²) in [6.07, 6.45) is 5.90. The van der Waals surface area contributed by atoms with Gasteiger partial charge in [0.1, 0.15) is 0 Å². The molecule has 2 heteroatoms. The Kier molecular flexibility index (Phi) is 1.34. The summed E-state index contributed by atoms with van der Waals surface area (Å²) in [6.45, 7) is 2.67. The van der Waals surface area contributed by atoms with Gasteiger partial charge in [0.15, 0.2) is 0 Å². The molecular formula is C9H10O2. The quantitative estimate of drug-likeness (QED) is 0.486. The molecule has 0 radical (unpaired) electrons. The van der Waals surface area contributed by atoms with E-state index in [-0.39, 0.29) is 5.97 Å². The summed E-state index contributed by atoms with van der Waals surface area (Å²) in [7, 11) is 0. The van der Waals surface area contributed by atoms with E-state index < -0.39 is 0 Å². The molecule has 0 aromatic carbocycles. The summed E-state index contributed by atoms with van der Waals surface area (Å²) < 4.78 is 4.92. The van der Waals surface area contributed by atoms with E-state index >= 15 is 0 Å². The molecule has 2 rings (SSSR count). The highest BCUT2D eigenvalue weighted by Gasteiger charge is 2.34. The molecule has 1 heterocycles. The van der Waals surface area contributed by atoms with Gasteiger partial charge in [0.2, 0.25) is 0 Å². The summed E-state index contributed by atoms with van der Waals surface area (Å²) >= 11 is 0. The van der Waals surface area contributed by atoms with Crippen molar-refractivity contribution in [3.63, 3.8) is 0 Å². The van der Waals surface area contributed by atoms with Crippen molar-refractivity contribution >= 4 is 5.97 Å². The van der Waals surface area contributed by atoms with Crippen LogP contribution in [0.25, 0.3) is 0 Å². The van der Waals surface area contributed by atoms with Crippen molar-refractivity contribution in [2.45, 2.75) is 6.92 Å². The summed E-state index contributed by atoms with van der Waals surface area (Å²) in [5, 5.41) is 0. The molecule has 1 saturated heterocycles. The van der Waals surface area contributed by atoms with Gasteiger partial charge in [-0.2, -0.15) is 0 Å². The molecule has 0 amide bonds. The zero-order valence-corrected chi connectivity index (χ0v) is 6.41. The Balaban J connectivity index is 2.34. The van der Waals surface area contributed by atoms with Gasteiger partial charge in [-0.3, -0.25) is 0 Å². The third-order valence-electron chi connectivity index (χ3n) is 2.35. The lowest BCUT2D eigenvalue weighted by Crippen LogP contribution is -2.14. The van der Waals surface area contributed by atoms with Crippen molar-refractivity contribution in [1.82, 2.24) is 0 Å². The van der Waals surface area contributed by atoms with Crippen LogP contribution in [0, 0.1) is 11.8 Å². The van der Waals surface area contributed by atoms with Gasteiger partial charge in [-0.25, -0.2) is 4.79 Å². The van der Waals surface area contributed by atoms with Gasteiger partial charge in [0, 0.05) is 11.5 Å². The Hall–Kier alpha value is -1.05. The average molecular weight is 150 g/mol. The van der Waals surface area contributed by atoms with E-state index in [0.717, 1.165) is 5.57 Å². The van der Waals surface area contributed by atoms with Gasteiger partial charge in [0.25, 0.3) is 0 Å². The summed E-state index contributed by atoms with van der Waals surface area (Å²) in [5.74, 6) is 0.625. The van der Waals surface area contributed by atoms with Gasteiger partial charge in [-0.05, 0) is 5.92 Å². The molecule has 0 saturated carbocycles. The predicted octanol–water partition coefficient (Wildman–Crippen LogP) is 1.29. The molecule has 1 aliphatic carbocycles. The molecule has 2 atom stereocenters. The molecular weight excluding hydrogens is 140 g/mol. The maximum Gasteiger partial charge on any atom is 0.334 e. The lowest BCUT2D eigenvalue weighted by atomic mass is 9.85. The Labute approximate surface area is 65.5 Å². The first-order chi connectivity index (χ1) is 5.29. The fourth-order valence-electron chi connectivity index (χ4n) is 1.59. The molecule has 0 aromatic heterocycles. The number of allylic oxidation sites excluding steroid dienone is 3. The average Bonchev–Trinajstić information content (AvgIpc) is 2.35. The van der Waals surface area contributed by atoms with E-state index in [9.17, 15) is 4.79 Å². The van der Waals surface area contributed by atoms with Crippen LogP contribution in [0.3, 0.4) is 0 Å². The molecule has 58 valence electrons. The van der Waals surface area contributed by atoms with Crippen molar-refractivity contribution in [2.24, 2.45) is 11.8 Å². The molecule has 2 aliphatic rings. The number of carbonyl (C=O) groups is 1. The van der Waals surface area contributed by atoms with Crippen LogP contribution in [0.1, 0.15) is 6.92 Å². The van der Waals surface area contributed by atoms with E-state index in [1.165, 1.54) is 0 Å². The van der Waals surface area contributed by atoms with Crippen LogP contribution >= 0.6 is 0 Å². The SMILES string of the molecule is CC1C=CC=C2C(=O)OCC21. The monoisotopic (exact) mass is 150 g/mol. The van der Waals surface area contributed by atoms with Crippen molar-refractivity contribution in [3.05, 3.63) is 23.8 Å². The standard InChI is InChI=1S/C9H10O2/c1-6-3-2-4-7-8(6)5-11-9(7)10/h2-4,6,8H,5H2,1H3. The third-order valence-corrected chi connectivity index (χ3v) is 2.35. The normalized spacial score (nSPS) is 34.6. The number of cyclic esters (lactones) is 1. The molecule has 0 bridgehead atoms. The van der Waals surface area contributed by atoms with Gasteiger partial charge in [0.05, 0.1) is 6.61 Å². The highest BCUT2D eigenvalue weighted by atomic mass is 16.5. The Bertz CT molecular complexity index is 250. The topological polar surface area (TPSA) is 26.3 Å². The lowest BCUT2D eigenvalue weighted by Gasteiger charge is -2.15. The molecule has 1 fully saturated rings. The fraction of sp³-hybridized carbons (Fsp3) is 0.444. The molecule has 2 nitrogen and oxygen atoms in total. The van der Waals surface area contributed by atoms with Gasteiger partial charge < -0.3 is 4.74 Å². The second-order valence-corrected chi connectivity index (χ2v) is 3.07. The minimum atomic E-state index is -0.133. The van der Waals surface area contributed by atoms with Crippen LogP contribution < -0.4 is 0 Å². The zero-order chi connectivity index (χ0) is 7.84. The first-order valence-electron chi connectivity index (χ1n) is 3.84. The maximum atomic E-state index is 11.0. The summed E-state index contributed by atoms with van der Waals surface area (Å²) in [5.41, 5.74) is 0.847. The molecule has 1 aliphatic heterocycles. The van der Waals surface area contributed by atoms with Crippen LogP contribution in [0.5, 0.6) is 0 Å².